The van der Waals surface area contributed by atoms with Crippen molar-refractivity contribution in [3.05, 3.63) is 0 Å². The molecule has 0 aliphatic carbocycles. The lowest BCUT2D eigenvalue weighted by molar-refractivity contribution is -0.139. The number of thioether (sulfide) groups is 1. The molecule has 0 radical (unpaired) electrons. The van der Waals surface area contributed by atoms with E-state index in [0.717, 1.165) is 12.8 Å². The Balaban J connectivity index is 2.35. The predicted octanol–water partition coefficient (Wildman–Crippen LogP) is 1.71. The van der Waals surface area contributed by atoms with Gasteiger partial charge in [-0.2, -0.15) is 0 Å². The number of hydrogen-bond acceptors (Lipinski definition) is 5. The number of carbonyl (C=O) groups is 2. The highest BCUT2D eigenvalue weighted by Crippen LogP contribution is 2.28. The van der Waals surface area contributed by atoms with Crippen LogP contribution in [0.4, 0.5) is 0 Å². The van der Waals surface area contributed by atoms with E-state index in [1.807, 2.05) is 0 Å². The second-order valence-corrected chi connectivity index (χ2v) is 7.85. The SMILES string of the molecule is CCOC(=O)CSCC(=O)NC1CC(C)(C)NC(C)(C)C1. The van der Waals surface area contributed by atoms with E-state index < -0.39 is 0 Å². The average molecular weight is 316 g/mol. The maximum Gasteiger partial charge on any atom is 0.315 e. The first-order valence-corrected chi connectivity index (χ1v) is 8.61. The van der Waals surface area contributed by atoms with Crippen LogP contribution in [0.15, 0.2) is 0 Å². The summed E-state index contributed by atoms with van der Waals surface area (Å²) in [6.45, 7) is 10.8. The number of hydrogen-bond donors (Lipinski definition) is 2. The molecule has 0 spiro atoms. The fourth-order valence-corrected chi connectivity index (χ4v) is 3.74. The van der Waals surface area contributed by atoms with Crippen LogP contribution in [0.2, 0.25) is 0 Å². The summed E-state index contributed by atoms with van der Waals surface area (Å²) >= 11 is 1.30. The molecule has 1 fully saturated rings. The molecule has 0 atom stereocenters. The molecule has 122 valence electrons. The number of carbonyl (C=O) groups excluding carboxylic acids is 2. The summed E-state index contributed by atoms with van der Waals surface area (Å²) in [5.41, 5.74) is 0.0234. The van der Waals surface area contributed by atoms with Gasteiger partial charge in [0.2, 0.25) is 5.91 Å². The Bertz CT molecular complexity index is 367. The largest absolute Gasteiger partial charge is 0.465 e. The third-order valence-corrected chi connectivity index (χ3v) is 4.22. The summed E-state index contributed by atoms with van der Waals surface area (Å²) in [5.74, 6) is 0.246. The van der Waals surface area contributed by atoms with Crippen LogP contribution >= 0.6 is 11.8 Å². The number of ether oxygens (including phenoxy) is 1. The monoisotopic (exact) mass is 316 g/mol. The molecule has 2 N–H and O–H groups in total. The molecule has 1 aliphatic heterocycles. The Kier molecular flexibility index (Phi) is 6.53. The van der Waals surface area contributed by atoms with Gasteiger partial charge in [-0.25, -0.2) is 0 Å². The fraction of sp³-hybridized carbons (Fsp3) is 0.867. The summed E-state index contributed by atoms with van der Waals surface area (Å²) in [5, 5.41) is 6.67. The van der Waals surface area contributed by atoms with Crippen molar-refractivity contribution in [1.82, 2.24) is 10.6 Å². The zero-order valence-electron chi connectivity index (χ0n) is 13.7. The lowest BCUT2D eigenvalue weighted by Gasteiger charge is -2.46. The Morgan fingerprint density at radius 2 is 1.76 bits per heavy atom. The standard InChI is InChI=1S/C15H28N2O3S/c1-6-20-13(19)10-21-9-12(18)16-11-7-14(2,3)17-15(4,5)8-11/h11,17H,6-10H2,1-5H3,(H,16,18). The van der Waals surface area contributed by atoms with Crippen molar-refractivity contribution in [3.63, 3.8) is 0 Å². The fourth-order valence-electron chi connectivity index (χ4n) is 3.12. The summed E-state index contributed by atoms with van der Waals surface area (Å²) in [6.07, 6.45) is 1.81. The van der Waals surface area contributed by atoms with Crippen LogP contribution in [0.3, 0.4) is 0 Å². The van der Waals surface area contributed by atoms with E-state index >= 15 is 0 Å². The Labute approximate surface area is 132 Å². The average Bonchev–Trinajstić information content (AvgIpc) is 2.24. The molecular formula is C15H28N2O3S. The summed E-state index contributed by atoms with van der Waals surface area (Å²) in [7, 11) is 0. The van der Waals surface area contributed by atoms with E-state index in [9.17, 15) is 9.59 Å². The summed E-state index contributed by atoms with van der Waals surface area (Å²) < 4.78 is 4.83. The number of nitrogens with one attached hydrogen (secondary N) is 2. The van der Waals surface area contributed by atoms with Crippen molar-refractivity contribution in [2.45, 2.75) is 64.6 Å². The smallest absolute Gasteiger partial charge is 0.315 e. The minimum Gasteiger partial charge on any atom is -0.465 e. The Hall–Kier alpha value is -0.750. The molecule has 0 aromatic carbocycles. The molecule has 0 aromatic heterocycles. The molecule has 0 bridgehead atoms. The van der Waals surface area contributed by atoms with Gasteiger partial charge in [0.1, 0.15) is 0 Å². The van der Waals surface area contributed by atoms with Gasteiger partial charge in [-0.3, -0.25) is 9.59 Å². The number of rotatable bonds is 6. The van der Waals surface area contributed by atoms with E-state index in [1.54, 1.807) is 6.92 Å². The van der Waals surface area contributed by atoms with E-state index in [-0.39, 0.29) is 34.7 Å². The van der Waals surface area contributed by atoms with Crippen LogP contribution < -0.4 is 10.6 Å². The Morgan fingerprint density at radius 1 is 1.19 bits per heavy atom. The molecule has 0 aromatic rings. The van der Waals surface area contributed by atoms with Crippen molar-refractivity contribution in [3.8, 4) is 0 Å². The maximum atomic E-state index is 12.0. The van der Waals surface area contributed by atoms with Crippen molar-refractivity contribution in [2.75, 3.05) is 18.1 Å². The Morgan fingerprint density at radius 3 is 2.29 bits per heavy atom. The highest BCUT2D eigenvalue weighted by molar-refractivity contribution is 8.00. The highest BCUT2D eigenvalue weighted by Gasteiger charge is 2.38. The van der Waals surface area contributed by atoms with E-state index in [2.05, 4.69) is 38.3 Å². The molecule has 6 heteroatoms. The molecule has 1 heterocycles. The maximum absolute atomic E-state index is 12.0. The number of piperidine rings is 1. The molecule has 1 rings (SSSR count). The van der Waals surface area contributed by atoms with E-state index in [0.29, 0.717) is 12.4 Å². The van der Waals surface area contributed by atoms with Crippen LogP contribution in [0.5, 0.6) is 0 Å². The molecule has 5 nitrogen and oxygen atoms in total. The first-order chi connectivity index (χ1) is 9.63. The quantitative estimate of drug-likeness (QED) is 0.730. The third kappa shape index (κ3) is 7.18. The van der Waals surface area contributed by atoms with Gasteiger partial charge in [0.25, 0.3) is 0 Å². The van der Waals surface area contributed by atoms with Gasteiger partial charge in [0.15, 0.2) is 0 Å². The minimum atomic E-state index is -0.264. The number of esters is 1. The summed E-state index contributed by atoms with van der Waals surface area (Å²) in [4.78, 5) is 23.2. The van der Waals surface area contributed by atoms with Crippen LogP contribution in [-0.4, -0.2) is 47.1 Å². The normalized spacial score (nSPS) is 20.8. The second kappa shape index (κ2) is 7.49. The first-order valence-electron chi connectivity index (χ1n) is 7.45. The van der Waals surface area contributed by atoms with Gasteiger partial charge in [-0.1, -0.05) is 0 Å². The third-order valence-electron chi connectivity index (χ3n) is 3.31. The molecule has 1 saturated heterocycles. The van der Waals surface area contributed by atoms with Crippen molar-refractivity contribution >= 4 is 23.6 Å². The van der Waals surface area contributed by atoms with Gasteiger partial charge in [0, 0.05) is 17.1 Å². The molecular weight excluding hydrogens is 288 g/mol. The van der Waals surface area contributed by atoms with E-state index in [1.165, 1.54) is 11.8 Å². The van der Waals surface area contributed by atoms with E-state index in [4.69, 9.17) is 4.74 Å². The van der Waals surface area contributed by atoms with Crippen LogP contribution in [0, 0.1) is 0 Å². The van der Waals surface area contributed by atoms with Crippen LogP contribution in [0.1, 0.15) is 47.5 Å². The van der Waals surface area contributed by atoms with Gasteiger partial charge < -0.3 is 15.4 Å². The van der Waals surface area contributed by atoms with Crippen LogP contribution in [-0.2, 0) is 14.3 Å². The lowest BCUT2D eigenvalue weighted by atomic mass is 9.79. The van der Waals surface area contributed by atoms with Gasteiger partial charge >= 0.3 is 5.97 Å². The van der Waals surface area contributed by atoms with Gasteiger partial charge in [-0.05, 0) is 47.5 Å². The highest BCUT2D eigenvalue weighted by atomic mass is 32.2. The topological polar surface area (TPSA) is 67.4 Å². The summed E-state index contributed by atoms with van der Waals surface area (Å²) in [6, 6.07) is 0.173. The molecule has 0 unspecified atom stereocenters. The zero-order valence-corrected chi connectivity index (χ0v) is 14.6. The second-order valence-electron chi connectivity index (χ2n) is 6.86. The molecule has 0 saturated carbocycles. The van der Waals surface area contributed by atoms with Gasteiger partial charge in [0.05, 0.1) is 18.1 Å². The molecule has 1 aliphatic rings. The zero-order chi connectivity index (χ0) is 16.1. The predicted molar refractivity (Wildman–Crippen MR) is 86.4 cm³/mol. The van der Waals surface area contributed by atoms with Crippen molar-refractivity contribution in [1.29, 1.82) is 0 Å². The van der Waals surface area contributed by atoms with Crippen molar-refractivity contribution in [2.24, 2.45) is 0 Å². The van der Waals surface area contributed by atoms with Crippen LogP contribution in [0.25, 0.3) is 0 Å². The van der Waals surface area contributed by atoms with Gasteiger partial charge in [-0.15, -0.1) is 11.8 Å². The molecule has 21 heavy (non-hydrogen) atoms. The minimum absolute atomic E-state index is 0.0113. The number of amides is 1. The first kappa shape index (κ1) is 18.3. The lowest BCUT2D eigenvalue weighted by Crippen LogP contribution is -2.62. The molecule has 1 amide bonds. The van der Waals surface area contributed by atoms with Crippen molar-refractivity contribution < 1.29 is 14.3 Å².